The Morgan fingerprint density at radius 2 is 1.52 bits per heavy atom. The number of benzene rings is 2. The molecule has 6 amide bonds. The van der Waals surface area contributed by atoms with E-state index in [0.717, 1.165) is 19.3 Å². The van der Waals surface area contributed by atoms with E-state index < -0.39 is 72.3 Å². The minimum absolute atomic E-state index is 0.0382. The van der Waals surface area contributed by atoms with Crippen molar-refractivity contribution in [2.45, 2.75) is 102 Å². The molecule has 0 aromatic heterocycles. The number of amides is 6. The Labute approximate surface area is 352 Å². The van der Waals surface area contributed by atoms with Crippen LogP contribution in [0.25, 0.3) is 0 Å². The number of carbonyl (C=O) groups is 7. The molecule has 328 valence electrons. The molecule has 5 atom stereocenters. The van der Waals surface area contributed by atoms with Gasteiger partial charge >= 0.3 is 6.09 Å². The predicted octanol–water partition coefficient (Wildman–Crippen LogP) is 3.30. The number of likely N-dealkylation sites (tertiary alicyclic amines) is 1. The quantitative estimate of drug-likeness (QED) is 0.107. The van der Waals surface area contributed by atoms with Crippen LogP contribution in [0.3, 0.4) is 0 Å². The highest BCUT2D eigenvalue weighted by Gasteiger charge is 2.45. The van der Waals surface area contributed by atoms with Crippen molar-refractivity contribution in [2.24, 2.45) is 11.8 Å². The molecule has 2 fully saturated rings. The lowest BCUT2D eigenvalue weighted by Crippen LogP contribution is -2.58. The molecule has 2 aromatic rings. The Morgan fingerprint density at radius 1 is 0.850 bits per heavy atom. The first-order valence-electron chi connectivity index (χ1n) is 21.0. The summed E-state index contributed by atoms with van der Waals surface area (Å²) in [5.74, 6) is -3.71. The number of rotatable bonds is 21. The molecular formula is C44H62N6O10. The third-order valence-corrected chi connectivity index (χ3v) is 10.5. The van der Waals surface area contributed by atoms with E-state index in [0.29, 0.717) is 30.6 Å². The summed E-state index contributed by atoms with van der Waals surface area (Å²) in [7, 11) is 3.11. The van der Waals surface area contributed by atoms with Crippen LogP contribution in [0.2, 0.25) is 0 Å². The lowest BCUT2D eigenvalue weighted by Gasteiger charge is -2.34. The molecule has 1 aliphatic heterocycles. The Hall–Kier alpha value is -5.51. The van der Waals surface area contributed by atoms with Gasteiger partial charge in [0.1, 0.15) is 30.5 Å². The van der Waals surface area contributed by atoms with Crippen molar-refractivity contribution in [3.8, 4) is 5.75 Å². The van der Waals surface area contributed by atoms with Crippen molar-refractivity contribution >= 4 is 41.4 Å². The zero-order chi connectivity index (χ0) is 43.6. The van der Waals surface area contributed by atoms with E-state index in [1.165, 1.54) is 9.80 Å². The van der Waals surface area contributed by atoms with Gasteiger partial charge in [-0.25, -0.2) is 4.79 Å². The normalized spacial score (nSPS) is 18.1. The molecule has 16 heteroatoms. The fraction of sp³-hybridized carbons (Fsp3) is 0.568. The molecule has 2 aromatic carbocycles. The van der Waals surface area contributed by atoms with E-state index in [4.69, 9.17) is 14.2 Å². The smallest absolute Gasteiger partial charge is 0.407 e. The third kappa shape index (κ3) is 14.3. The summed E-state index contributed by atoms with van der Waals surface area (Å²) in [6.45, 7) is 5.59. The van der Waals surface area contributed by atoms with Crippen molar-refractivity contribution in [3.63, 3.8) is 0 Å². The third-order valence-electron chi connectivity index (χ3n) is 10.5. The number of likely N-dealkylation sites (N-methyl/N-ethyl adjacent to an activating group) is 1. The van der Waals surface area contributed by atoms with Crippen LogP contribution in [0.4, 0.5) is 4.79 Å². The first kappa shape index (κ1) is 47.2. The van der Waals surface area contributed by atoms with Crippen molar-refractivity contribution in [1.82, 2.24) is 31.1 Å². The average molecular weight is 835 g/mol. The van der Waals surface area contributed by atoms with Crippen LogP contribution in [0.5, 0.6) is 5.75 Å². The van der Waals surface area contributed by atoms with Gasteiger partial charge in [0.2, 0.25) is 29.4 Å². The summed E-state index contributed by atoms with van der Waals surface area (Å²) in [4.78, 5) is 97.0. The molecule has 0 bridgehead atoms. The van der Waals surface area contributed by atoms with Gasteiger partial charge in [-0.15, -0.1) is 0 Å². The highest BCUT2D eigenvalue weighted by Crippen LogP contribution is 2.30. The minimum atomic E-state index is -1.27. The number of hydrogen-bond donors (Lipinski definition) is 4. The number of ketones is 1. The van der Waals surface area contributed by atoms with Gasteiger partial charge in [-0.1, -0.05) is 95.0 Å². The maximum atomic E-state index is 14.5. The summed E-state index contributed by atoms with van der Waals surface area (Å²) in [6, 6.07) is 13.5. The predicted molar refractivity (Wildman–Crippen MR) is 222 cm³/mol. The molecular weight excluding hydrogens is 773 g/mol. The number of alkyl carbamates (subject to hydrolysis) is 1. The molecule has 0 radical (unpaired) electrons. The number of para-hydroxylation sites is 1. The summed E-state index contributed by atoms with van der Waals surface area (Å²) >= 11 is 0. The van der Waals surface area contributed by atoms with E-state index in [-0.39, 0.29) is 57.0 Å². The van der Waals surface area contributed by atoms with Crippen molar-refractivity contribution < 1.29 is 47.8 Å². The van der Waals surface area contributed by atoms with Gasteiger partial charge in [-0.2, -0.15) is 0 Å². The number of Topliss-reactive ketones (excluding diaryl/α,β-unsaturated/α-hetero) is 1. The molecule has 1 aliphatic carbocycles. The zero-order valence-corrected chi connectivity index (χ0v) is 35.5. The van der Waals surface area contributed by atoms with E-state index in [2.05, 4.69) is 21.3 Å². The van der Waals surface area contributed by atoms with Gasteiger partial charge in [0, 0.05) is 27.1 Å². The van der Waals surface area contributed by atoms with Crippen LogP contribution in [-0.4, -0.2) is 122 Å². The van der Waals surface area contributed by atoms with Gasteiger partial charge in [-0.05, 0) is 48.8 Å². The van der Waals surface area contributed by atoms with Crippen molar-refractivity contribution in [3.05, 3.63) is 66.2 Å². The van der Waals surface area contributed by atoms with Crippen LogP contribution in [0.15, 0.2) is 60.7 Å². The summed E-state index contributed by atoms with van der Waals surface area (Å²) < 4.78 is 17.3. The first-order valence-corrected chi connectivity index (χ1v) is 21.0. The lowest BCUT2D eigenvalue weighted by molar-refractivity contribution is -0.143. The fourth-order valence-corrected chi connectivity index (χ4v) is 7.37. The number of carbonyl (C=O) groups excluding carboxylic acids is 7. The molecule has 1 saturated carbocycles. The molecule has 4 rings (SSSR count). The monoisotopic (exact) mass is 834 g/mol. The van der Waals surface area contributed by atoms with Gasteiger partial charge in [0.05, 0.1) is 31.9 Å². The fourth-order valence-electron chi connectivity index (χ4n) is 7.37. The summed E-state index contributed by atoms with van der Waals surface area (Å²) in [5, 5.41) is 10.5. The Morgan fingerprint density at radius 3 is 2.15 bits per heavy atom. The second-order valence-corrected chi connectivity index (χ2v) is 15.9. The van der Waals surface area contributed by atoms with Gasteiger partial charge in [0.25, 0.3) is 5.91 Å². The second-order valence-electron chi connectivity index (χ2n) is 15.9. The van der Waals surface area contributed by atoms with Crippen molar-refractivity contribution in [2.75, 3.05) is 47.0 Å². The molecule has 4 N–H and O–H groups in total. The van der Waals surface area contributed by atoms with E-state index in [9.17, 15) is 33.6 Å². The second kappa shape index (κ2) is 23.9. The zero-order valence-electron chi connectivity index (χ0n) is 35.5. The molecule has 2 aliphatic rings. The first-order chi connectivity index (χ1) is 28.8. The van der Waals surface area contributed by atoms with E-state index >= 15 is 0 Å². The van der Waals surface area contributed by atoms with Gasteiger partial charge < -0.3 is 45.3 Å². The average Bonchev–Trinajstić information content (AvgIpc) is 3.69. The number of nitrogens with one attached hydrogen (secondary N) is 4. The van der Waals surface area contributed by atoms with Crippen LogP contribution in [-0.2, 0) is 38.2 Å². The molecule has 5 unspecified atom stereocenters. The van der Waals surface area contributed by atoms with Crippen LogP contribution < -0.4 is 26.0 Å². The molecule has 0 spiro atoms. The van der Waals surface area contributed by atoms with Gasteiger partial charge in [-0.3, -0.25) is 28.8 Å². The van der Waals surface area contributed by atoms with Crippen LogP contribution >= 0.6 is 0 Å². The maximum Gasteiger partial charge on any atom is 0.407 e. The largest absolute Gasteiger partial charge is 0.491 e. The maximum absolute atomic E-state index is 14.5. The summed E-state index contributed by atoms with van der Waals surface area (Å²) in [5.41, 5.74) is 0.539. The lowest BCUT2D eigenvalue weighted by atomic mass is 9.83. The van der Waals surface area contributed by atoms with Crippen LogP contribution in [0.1, 0.15) is 83.7 Å². The van der Waals surface area contributed by atoms with Crippen molar-refractivity contribution in [1.29, 1.82) is 0 Å². The topological polar surface area (TPSA) is 202 Å². The number of ether oxygens (including phenoxy) is 3. The summed E-state index contributed by atoms with van der Waals surface area (Å²) in [6.07, 6.45) is 3.53. The number of nitrogens with zero attached hydrogens (tertiary/aromatic N) is 2. The Balaban J connectivity index is 1.47. The molecule has 16 nitrogen and oxygen atoms in total. The molecule has 1 saturated heterocycles. The highest BCUT2D eigenvalue weighted by molar-refractivity contribution is 6.38. The molecule has 60 heavy (non-hydrogen) atoms. The minimum Gasteiger partial charge on any atom is -0.491 e. The van der Waals surface area contributed by atoms with Gasteiger partial charge in [0.15, 0.2) is 0 Å². The Bertz CT molecular complexity index is 1740. The van der Waals surface area contributed by atoms with Crippen LogP contribution in [0, 0.1) is 11.8 Å². The number of hydrogen-bond acceptors (Lipinski definition) is 10. The SMILES string of the molecule is CCCC(NC(=O)C1CC(OCCOc2ccccc2)CN1C(=O)C(NC(=O)OCC(C)C)C1CCCCC1)C(=O)C(=O)NCC(=O)NC(C(=O)N(C)C)c1ccccc1. The van der Waals surface area contributed by atoms with E-state index in [1.807, 2.05) is 44.2 Å². The van der Waals surface area contributed by atoms with E-state index in [1.54, 1.807) is 51.4 Å². The highest BCUT2D eigenvalue weighted by atomic mass is 16.5. The molecule has 1 heterocycles. The standard InChI is InChI=1S/C44H62N6O10/c1-6-16-34(39(52)41(54)45-26-36(51)47-37(42(55)49(4)5)30-17-10-7-11-18-30)46-40(53)35-25-33(59-24-23-58-32-21-14-9-15-22-32)27-50(35)43(56)38(31-19-12-8-13-20-31)48-44(57)60-28-29(2)3/h7,9-11,14-15,17-18,21-22,29,31,33-35,37-38H,6,8,12-13,16,19-20,23-28H2,1-5H3,(H,45,54)(H,46,53)(H,47,51)(H,48,57). The Kier molecular flexibility index (Phi) is 18.8.